The molecular formula is C26H31IN4O4Si. The van der Waals surface area contributed by atoms with Gasteiger partial charge in [0.25, 0.3) is 5.91 Å². The van der Waals surface area contributed by atoms with Crippen LogP contribution in [-0.4, -0.2) is 51.8 Å². The largest absolute Gasteiger partial charge is 0.432 e. The van der Waals surface area contributed by atoms with Crippen LogP contribution in [0.5, 0.6) is 0 Å². The summed E-state index contributed by atoms with van der Waals surface area (Å²) in [5, 5.41) is 17.5. The number of aryl methyl sites for hydroxylation is 1. The van der Waals surface area contributed by atoms with Crippen molar-refractivity contribution in [2.24, 2.45) is 5.92 Å². The Morgan fingerprint density at radius 2 is 1.94 bits per heavy atom. The van der Waals surface area contributed by atoms with Crippen molar-refractivity contribution in [2.45, 2.75) is 56.7 Å². The highest BCUT2D eigenvalue weighted by Gasteiger charge is 2.66. The van der Waals surface area contributed by atoms with Gasteiger partial charge in [0.1, 0.15) is 0 Å². The molecule has 0 bridgehead atoms. The number of rotatable bonds is 7. The Balaban J connectivity index is 1.54. The van der Waals surface area contributed by atoms with E-state index in [0.29, 0.717) is 19.4 Å². The molecule has 3 heterocycles. The number of anilines is 2. The van der Waals surface area contributed by atoms with Gasteiger partial charge in [0.05, 0.1) is 17.5 Å². The maximum atomic E-state index is 14.4. The van der Waals surface area contributed by atoms with Crippen molar-refractivity contribution < 1.29 is 19.4 Å². The predicted octanol–water partition coefficient (Wildman–Crippen LogP) is 3.98. The summed E-state index contributed by atoms with van der Waals surface area (Å²) in [5.41, 5.74) is 1.92. The van der Waals surface area contributed by atoms with E-state index in [1.807, 2.05) is 61.8 Å². The minimum atomic E-state index is -2.73. The van der Waals surface area contributed by atoms with Crippen LogP contribution in [0.3, 0.4) is 0 Å². The van der Waals surface area contributed by atoms with Gasteiger partial charge in [0, 0.05) is 52.0 Å². The van der Waals surface area contributed by atoms with Gasteiger partial charge in [-0.1, -0.05) is 30.3 Å². The zero-order valence-electron chi connectivity index (χ0n) is 20.6. The van der Waals surface area contributed by atoms with Gasteiger partial charge in [-0.15, -0.1) is 5.10 Å². The number of amides is 1. The fraction of sp³-hybridized carbons (Fsp3) is 0.423. The van der Waals surface area contributed by atoms with Crippen molar-refractivity contribution in [3.05, 3.63) is 69.6 Å². The molecule has 190 valence electrons. The van der Waals surface area contributed by atoms with Gasteiger partial charge in [-0.3, -0.25) is 14.4 Å². The summed E-state index contributed by atoms with van der Waals surface area (Å²) in [7, 11) is -2.73. The summed E-state index contributed by atoms with van der Waals surface area (Å²) < 4.78 is 9.64. The predicted molar refractivity (Wildman–Crippen MR) is 147 cm³/mol. The molecule has 2 N–H and O–H groups in total. The standard InChI is InChI=1S/C26H31IN4O4Si/c1-17-24(36(2,3)34)23(11-13-30-16-19(12-14-32)28-29-30)35-26(17)21-15-18(27)9-10-22(21)31(25(26)33)20-7-5-4-6-8-20/h4-10,15-17,23-24,32,34H,11-14H2,1-3H3/t17-,23+,24-,26+/m0/s1. The number of aromatic nitrogens is 3. The summed E-state index contributed by atoms with van der Waals surface area (Å²) in [4.78, 5) is 27.5. The van der Waals surface area contributed by atoms with Gasteiger partial charge in [0.15, 0.2) is 13.9 Å². The zero-order chi connectivity index (χ0) is 25.7. The Kier molecular flexibility index (Phi) is 6.83. The molecule has 2 aliphatic rings. The first-order chi connectivity index (χ1) is 17.2. The van der Waals surface area contributed by atoms with Gasteiger partial charge >= 0.3 is 0 Å². The third-order valence-electron chi connectivity index (χ3n) is 7.47. The Labute approximate surface area is 225 Å². The van der Waals surface area contributed by atoms with Gasteiger partial charge in [-0.2, -0.15) is 0 Å². The molecular weight excluding hydrogens is 587 g/mol. The van der Waals surface area contributed by atoms with Gasteiger partial charge < -0.3 is 14.6 Å². The van der Waals surface area contributed by atoms with E-state index in [0.717, 1.165) is 26.2 Å². The molecule has 1 amide bonds. The van der Waals surface area contributed by atoms with Crippen molar-refractivity contribution in [3.8, 4) is 0 Å². The van der Waals surface area contributed by atoms with Crippen molar-refractivity contribution >= 4 is 48.2 Å². The Morgan fingerprint density at radius 1 is 1.19 bits per heavy atom. The third kappa shape index (κ3) is 4.22. The van der Waals surface area contributed by atoms with Gasteiger partial charge in [-0.25, -0.2) is 0 Å². The SMILES string of the molecule is C[C@H]1[C@H]([Si](C)(C)O)[C@@H](CCn2cc(CCO)nn2)O[C@]12C(=O)N(c1ccccc1)c1ccc(I)cc12. The summed E-state index contributed by atoms with van der Waals surface area (Å²) in [5.74, 6) is -0.317. The van der Waals surface area contributed by atoms with Crippen LogP contribution in [0.1, 0.15) is 24.6 Å². The number of aliphatic hydroxyl groups excluding tert-OH is 1. The smallest absolute Gasteiger partial charge is 0.268 e. The number of aliphatic hydroxyl groups is 1. The van der Waals surface area contributed by atoms with E-state index in [9.17, 15) is 14.7 Å². The van der Waals surface area contributed by atoms with E-state index in [1.165, 1.54) is 0 Å². The molecule has 10 heteroatoms. The van der Waals surface area contributed by atoms with Crippen molar-refractivity contribution in [1.29, 1.82) is 0 Å². The third-order valence-corrected chi connectivity index (χ3v) is 10.6. The van der Waals surface area contributed by atoms with Crippen LogP contribution in [0.4, 0.5) is 11.4 Å². The number of carbonyl (C=O) groups is 1. The number of hydrogen-bond donors (Lipinski definition) is 2. The molecule has 0 radical (unpaired) electrons. The van der Waals surface area contributed by atoms with Crippen molar-refractivity contribution in [1.82, 2.24) is 15.0 Å². The Bertz CT molecular complexity index is 1260. The molecule has 1 fully saturated rings. The van der Waals surface area contributed by atoms with Crippen LogP contribution in [0.25, 0.3) is 0 Å². The van der Waals surface area contributed by atoms with Crippen LogP contribution < -0.4 is 4.90 Å². The lowest BCUT2D eigenvalue weighted by Gasteiger charge is -2.32. The van der Waals surface area contributed by atoms with Gasteiger partial charge in [-0.05, 0) is 72.4 Å². The molecule has 2 aromatic carbocycles. The van der Waals surface area contributed by atoms with Crippen molar-refractivity contribution in [3.63, 3.8) is 0 Å². The first-order valence-corrected chi connectivity index (χ1v) is 16.4. The number of fused-ring (bicyclic) bond motifs is 2. The molecule has 0 saturated carbocycles. The minimum Gasteiger partial charge on any atom is -0.432 e. The monoisotopic (exact) mass is 618 g/mol. The lowest BCUT2D eigenvalue weighted by atomic mass is 9.82. The molecule has 1 aromatic heterocycles. The number of nitrogens with zero attached hydrogens (tertiary/aromatic N) is 4. The van der Waals surface area contributed by atoms with Crippen LogP contribution >= 0.6 is 22.6 Å². The number of ether oxygens (including phenoxy) is 1. The molecule has 36 heavy (non-hydrogen) atoms. The minimum absolute atomic E-state index is 0.0229. The average molecular weight is 619 g/mol. The van der Waals surface area contributed by atoms with Crippen LogP contribution in [0.2, 0.25) is 18.6 Å². The van der Waals surface area contributed by atoms with E-state index in [2.05, 4.69) is 45.9 Å². The lowest BCUT2D eigenvalue weighted by molar-refractivity contribution is -0.145. The molecule has 0 aliphatic carbocycles. The molecule has 5 rings (SSSR count). The Morgan fingerprint density at radius 3 is 2.64 bits per heavy atom. The van der Waals surface area contributed by atoms with Crippen molar-refractivity contribution in [2.75, 3.05) is 11.5 Å². The van der Waals surface area contributed by atoms with Crippen LogP contribution in [-0.2, 0) is 28.1 Å². The second kappa shape index (κ2) is 9.64. The van der Waals surface area contributed by atoms with Crippen LogP contribution in [0, 0.1) is 9.49 Å². The topological polar surface area (TPSA) is 101 Å². The number of benzene rings is 2. The fourth-order valence-corrected chi connectivity index (χ4v) is 9.11. The molecule has 4 atom stereocenters. The maximum absolute atomic E-state index is 14.4. The lowest BCUT2D eigenvalue weighted by Crippen LogP contribution is -2.45. The summed E-state index contributed by atoms with van der Waals surface area (Å²) >= 11 is 2.28. The van der Waals surface area contributed by atoms with E-state index in [4.69, 9.17) is 4.74 Å². The highest BCUT2D eigenvalue weighted by molar-refractivity contribution is 14.1. The number of halogens is 1. The summed E-state index contributed by atoms with van der Waals surface area (Å²) in [6.07, 6.45) is 2.56. The first kappa shape index (κ1) is 25.5. The summed E-state index contributed by atoms with van der Waals surface area (Å²) in [6.45, 7) is 6.49. The average Bonchev–Trinajstić information content (AvgIpc) is 3.47. The van der Waals surface area contributed by atoms with Gasteiger partial charge in [0.2, 0.25) is 0 Å². The number of carbonyl (C=O) groups excluding carboxylic acids is 1. The quantitative estimate of drug-likeness (QED) is 0.307. The molecule has 1 spiro atoms. The number of para-hydroxylation sites is 1. The van der Waals surface area contributed by atoms with E-state index < -0.39 is 13.9 Å². The van der Waals surface area contributed by atoms with E-state index >= 15 is 0 Å². The molecule has 3 aromatic rings. The molecule has 8 nitrogen and oxygen atoms in total. The first-order valence-electron chi connectivity index (χ1n) is 12.3. The van der Waals surface area contributed by atoms with E-state index in [1.54, 1.807) is 9.58 Å². The second-order valence-electron chi connectivity index (χ2n) is 10.2. The maximum Gasteiger partial charge on any atom is 0.268 e. The molecule has 2 aliphatic heterocycles. The number of hydrogen-bond acceptors (Lipinski definition) is 6. The highest BCUT2D eigenvalue weighted by Crippen LogP contribution is 2.60. The second-order valence-corrected chi connectivity index (χ2v) is 15.5. The normalized spacial score (nSPS) is 25.7. The molecule has 0 unspecified atom stereocenters. The highest BCUT2D eigenvalue weighted by atomic mass is 127. The zero-order valence-corrected chi connectivity index (χ0v) is 23.8. The molecule has 1 saturated heterocycles. The summed E-state index contributed by atoms with van der Waals surface area (Å²) in [6, 6.07) is 15.7. The Hall–Kier alpha value is -2.12. The van der Waals surface area contributed by atoms with Crippen LogP contribution in [0.15, 0.2) is 54.7 Å². The fourth-order valence-electron chi connectivity index (χ4n) is 6.01. The van der Waals surface area contributed by atoms with E-state index in [-0.39, 0.29) is 30.1 Å².